The van der Waals surface area contributed by atoms with Gasteiger partial charge in [-0.05, 0) is 44.7 Å². The Morgan fingerprint density at radius 2 is 1.93 bits per heavy atom. The molecule has 0 spiro atoms. The number of amides is 3. The number of carbonyl (C=O) groups excluding carboxylic acids is 3. The van der Waals surface area contributed by atoms with Gasteiger partial charge in [0.05, 0.1) is 31.5 Å². The van der Waals surface area contributed by atoms with E-state index in [0.717, 1.165) is 23.8 Å². The monoisotopic (exact) mass is 612 g/mol. The number of hydrogen-bond donors (Lipinski definition) is 2. The Morgan fingerprint density at radius 3 is 2.62 bits per heavy atom. The fraction of sp³-hybridized carbons (Fsp3) is 0.343. The number of aliphatic imine (C=N–C) groups is 1. The number of fused-ring (bicyclic) bond motifs is 1. The normalized spacial score (nSPS) is 17.7. The maximum Gasteiger partial charge on any atom is 0.341 e. The maximum atomic E-state index is 13.6. The highest BCUT2D eigenvalue weighted by Crippen LogP contribution is 2.45. The standard InChI is InChI=1S/C35H40N4O6/c1-5-8-9-13-19-36-34(42)38-28(32(40)39-35(23-25(35)6-2)33(41)44-7-3)18-20-45-31-22-29(24-14-11-10-12-15-24)37-30-21-26(43-4)16-17-27(30)31/h5-6,10-12,14-17,19,21-22,25,28H,1-2,7-9,13,18,20,23H2,3-4H3,(H,38,42)(H,39,40)/b36-19+/t25-,28+,35-/m1/s1. The molecular weight excluding hydrogens is 572 g/mol. The van der Waals surface area contributed by atoms with Crippen LogP contribution in [0.5, 0.6) is 11.5 Å². The van der Waals surface area contributed by atoms with Crippen LogP contribution in [0.1, 0.15) is 39.0 Å². The highest BCUT2D eigenvalue weighted by atomic mass is 16.5. The second-order valence-electron chi connectivity index (χ2n) is 10.7. The van der Waals surface area contributed by atoms with Gasteiger partial charge in [-0.15, -0.1) is 13.2 Å². The topological polar surface area (TPSA) is 128 Å². The number of ether oxygens (including phenoxy) is 3. The van der Waals surface area contributed by atoms with Gasteiger partial charge in [-0.25, -0.2) is 19.6 Å². The number of nitrogens with one attached hydrogen (secondary N) is 2. The molecule has 2 aromatic carbocycles. The summed E-state index contributed by atoms with van der Waals surface area (Å²) in [6.07, 6.45) is 7.61. The van der Waals surface area contributed by atoms with Crippen LogP contribution in [0.3, 0.4) is 0 Å². The Morgan fingerprint density at radius 1 is 1.13 bits per heavy atom. The molecule has 0 bridgehead atoms. The van der Waals surface area contributed by atoms with Crippen molar-refractivity contribution in [2.75, 3.05) is 20.3 Å². The number of esters is 1. The van der Waals surface area contributed by atoms with E-state index in [0.29, 0.717) is 35.6 Å². The lowest BCUT2D eigenvalue weighted by Crippen LogP contribution is -2.54. The van der Waals surface area contributed by atoms with E-state index in [4.69, 9.17) is 19.2 Å². The fourth-order valence-corrected chi connectivity index (χ4v) is 4.99. The maximum absolute atomic E-state index is 13.6. The molecule has 0 aliphatic heterocycles. The third-order valence-electron chi connectivity index (χ3n) is 7.56. The van der Waals surface area contributed by atoms with Crippen LogP contribution in [0.2, 0.25) is 0 Å². The summed E-state index contributed by atoms with van der Waals surface area (Å²) in [5, 5.41) is 6.27. The molecule has 1 heterocycles. The molecule has 1 aromatic heterocycles. The van der Waals surface area contributed by atoms with Crippen LogP contribution < -0.4 is 20.1 Å². The van der Waals surface area contributed by atoms with Gasteiger partial charge in [0.1, 0.15) is 23.1 Å². The highest BCUT2D eigenvalue weighted by molar-refractivity contribution is 5.95. The molecule has 1 saturated carbocycles. The largest absolute Gasteiger partial charge is 0.497 e. The highest BCUT2D eigenvalue weighted by Gasteiger charge is 2.61. The van der Waals surface area contributed by atoms with E-state index in [2.05, 4.69) is 28.8 Å². The van der Waals surface area contributed by atoms with Crippen molar-refractivity contribution in [2.24, 2.45) is 10.9 Å². The Bertz CT molecular complexity index is 1560. The van der Waals surface area contributed by atoms with Crippen LogP contribution in [0.15, 0.2) is 84.9 Å². The zero-order valence-corrected chi connectivity index (χ0v) is 25.8. The Labute approximate surface area is 263 Å². The SMILES string of the molecule is C=CCCC/C=N/C(=O)N[C@@H](CCOc1cc(-c2ccccc2)nc2cc(OC)ccc12)C(=O)N[C@]1(C(=O)OCC)C[C@H]1C=C. The summed E-state index contributed by atoms with van der Waals surface area (Å²) in [6, 6.07) is 15.4. The number of unbranched alkanes of at least 4 members (excludes halogenated alkanes) is 2. The fourth-order valence-electron chi connectivity index (χ4n) is 4.99. The van der Waals surface area contributed by atoms with Gasteiger partial charge in [0.25, 0.3) is 0 Å². The lowest BCUT2D eigenvalue weighted by atomic mass is 10.1. The lowest BCUT2D eigenvalue weighted by molar-refractivity contribution is -0.149. The molecule has 10 heteroatoms. The van der Waals surface area contributed by atoms with Crippen molar-refractivity contribution in [3.63, 3.8) is 0 Å². The molecule has 236 valence electrons. The van der Waals surface area contributed by atoms with Gasteiger partial charge >= 0.3 is 12.0 Å². The second kappa shape index (κ2) is 15.7. The van der Waals surface area contributed by atoms with Crippen LogP contribution in [0.25, 0.3) is 22.2 Å². The van der Waals surface area contributed by atoms with E-state index in [-0.39, 0.29) is 25.6 Å². The van der Waals surface area contributed by atoms with E-state index in [1.54, 1.807) is 26.2 Å². The molecule has 3 atom stereocenters. The van der Waals surface area contributed by atoms with Crippen molar-refractivity contribution in [3.8, 4) is 22.8 Å². The molecular formula is C35H40N4O6. The van der Waals surface area contributed by atoms with E-state index in [1.165, 1.54) is 6.21 Å². The first-order valence-electron chi connectivity index (χ1n) is 15.1. The van der Waals surface area contributed by atoms with Gasteiger partial charge in [0.2, 0.25) is 5.91 Å². The summed E-state index contributed by atoms with van der Waals surface area (Å²) < 4.78 is 16.9. The minimum Gasteiger partial charge on any atom is -0.497 e. The summed E-state index contributed by atoms with van der Waals surface area (Å²) in [5.74, 6) is -0.127. The van der Waals surface area contributed by atoms with E-state index in [9.17, 15) is 14.4 Å². The predicted octanol–water partition coefficient (Wildman–Crippen LogP) is 5.81. The van der Waals surface area contributed by atoms with Crippen molar-refractivity contribution in [3.05, 3.63) is 79.9 Å². The smallest absolute Gasteiger partial charge is 0.341 e. The molecule has 45 heavy (non-hydrogen) atoms. The first kappa shape index (κ1) is 32.9. The van der Waals surface area contributed by atoms with E-state index >= 15 is 0 Å². The van der Waals surface area contributed by atoms with E-state index in [1.807, 2.05) is 54.6 Å². The number of aromatic nitrogens is 1. The summed E-state index contributed by atoms with van der Waals surface area (Å²) in [5.41, 5.74) is 1.09. The quantitative estimate of drug-likeness (QED) is 0.0904. The zero-order valence-electron chi connectivity index (χ0n) is 25.8. The first-order valence-corrected chi connectivity index (χ1v) is 15.1. The molecule has 2 N–H and O–H groups in total. The first-order chi connectivity index (χ1) is 21.8. The van der Waals surface area contributed by atoms with Crippen molar-refractivity contribution >= 4 is 35.0 Å². The number of carbonyl (C=O) groups is 3. The van der Waals surface area contributed by atoms with Crippen molar-refractivity contribution in [1.82, 2.24) is 15.6 Å². The number of rotatable bonds is 16. The van der Waals surface area contributed by atoms with Gasteiger partial charge in [0.15, 0.2) is 0 Å². The summed E-state index contributed by atoms with van der Waals surface area (Å²) in [6.45, 7) is 9.41. The Hall–Kier alpha value is -4.99. The molecule has 3 amide bonds. The lowest BCUT2D eigenvalue weighted by Gasteiger charge is -2.22. The van der Waals surface area contributed by atoms with Crippen LogP contribution in [0.4, 0.5) is 4.79 Å². The van der Waals surface area contributed by atoms with E-state index < -0.39 is 29.5 Å². The van der Waals surface area contributed by atoms with Gasteiger partial charge < -0.3 is 24.8 Å². The van der Waals surface area contributed by atoms with Crippen LogP contribution >= 0.6 is 0 Å². The number of benzene rings is 2. The van der Waals surface area contributed by atoms with Crippen molar-refractivity contribution in [1.29, 1.82) is 0 Å². The van der Waals surface area contributed by atoms with Gasteiger partial charge in [-0.3, -0.25) is 4.79 Å². The van der Waals surface area contributed by atoms with Crippen LogP contribution in [-0.4, -0.2) is 61.0 Å². The van der Waals surface area contributed by atoms with Crippen LogP contribution in [-0.2, 0) is 14.3 Å². The summed E-state index contributed by atoms with van der Waals surface area (Å²) in [7, 11) is 1.59. The molecule has 1 aliphatic carbocycles. The molecule has 10 nitrogen and oxygen atoms in total. The number of hydrogen-bond acceptors (Lipinski definition) is 7. The minimum absolute atomic E-state index is 0.0675. The number of allylic oxidation sites excluding steroid dienone is 1. The number of nitrogens with zero attached hydrogens (tertiary/aromatic N) is 2. The second-order valence-corrected chi connectivity index (χ2v) is 10.7. The van der Waals surface area contributed by atoms with Gasteiger partial charge in [-0.2, -0.15) is 0 Å². The third kappa shape index (κ3) is 8.35. The molecule has 0 saturated heterocycles. The number of urea groups is 1. The van der Waals surface area contributed by atoms with Crippen molar-refractivity contribution in [2.45, 2.75) is 50.6 Å². The molecule has 4 rings (SSSR count). The number of methoxy groups -OCH3 is 1. The predicted molar refractivity (Wildman–Crippen MR) is 175 cm³/mol. The number of pyridine rings is 1. The summed E-state index contributed by atoms with van der Waals surface area (Å²) in [4.78, 5) is 47.8. The summed E-state index contributed by atoms with van der Waals surface area (Å²) >= 11 is 0. The Kier molecular flexibility index (Phi) is 11.4. The van der Waals surface area contributed by atoms with Crippen LogP contribution in [0, 0.1) is 5.92 Å². The zero-order chi connectivity index (χ0) is 32.2. The van der Waals surface area contributed by atoms with Gasteiger partial charge in [0, 0.05) is 41.6 Å². The third-order valence-corrected chi connectivity index (χ3v) is 7.56. The molecule has 0 radical (unpaired) electrons. The Balaban J connectivity index is 1.55. The average molecular weight is 613 g/mol. The van der Waals surface area contributed by atoms with Gasteiger partial charge in [-0.1, -0.05) is 42.5 Å². The molecule has 1 fully saturated rings. The molecule has 3 aromatic rings. The molecule has 0 unspecified atom stereocenters. The molecule has 1 aliphatic rings. The minimum atomic E-state index is -1.21. The average Bonchev–Trinajstić information content (AvgIpc) is 3.78. The van der Waals surface area contributed by atoms with Crippen molar-refractivity contribution < 1.29 is 28.6 Å².